The Hall–Kier alpha value is -2.78. The van der Waals surface area contributed by atoms with E-state index in [1.54, 1.807) is 44.2 Å². The number of nitrogens with zero attached hydrogens (tertiary/aromatic N) is 1. The lowest BCUT2D eigenvalue weighted by atomic mass is 9.92. The maximum Gasteiger partial charge on any atom is 0.331 e. The summed E-state index contributed by atoms with van der Waals surface area (Å²) in [7, 11) is -8.69. The van der Waals surface area contributed by atoms with Crippen LogP contribution in [0.25, 0.3) is 0 Å². The van der Waals surface area contributed by atoms with Gasteiger partial charge in [-0.2, -0.15) is 22.1 Å². The topological polar surface area (TPSA) is 137 Å². The van der Waals surface area contributed by atoms with Crippen molar-refractivity contribution in [3.63, 3.8) is 0 Å². The molecule has 172 valence electrons. The maximum absolute atomic E-state index is 12.5. The molecule has 0 saturated heterocycles. The minimum Gasteiger partial charge on any atom is -0.465 e. The molecule has 0 aliphatic carbocycles. The fraction of sp³-hybridized carbons (Fsp3) is 0.333. The smallest absolute Gasteiger partial charge is 0.331 e. The number of hydrogen-bond donors (Lipinski definition) is 0. The monoisotopic (exact) mass is 481 g/mol. The zero-order chi connectivity index (χ0) is 24.0. The van der Waals surface area contributed by atoms with Crippen LogP contribution in [0.15, 0.2) is 58.3 Å². The van der Waals surface area contributed by atoms with Gasteiger partial charge in [-0.25, -0.2) is 0 Å². The van der Waals surface area contributed by atoms with E-state index in [9.17, 15) is 26.9 Å². The Labute approximate surface area is 187 Å². The summed E-state index contributed by atoms with van der Waals surface area (Å²) in [5.74, 6) is -1.17. The molecule has 2 aromatic rings. The Balaban J connectivity index is 2.29. The molecule has 32 heavy (non-hydrogen) atoms. The van der Waals surface area contributed by atoms with Crippen molar-refractivity contribution in [2.75, 3.05) is 19.8 Å². The van der Waals surface area contributed by atoms with Crippen LogP contribution in [-0.2, 0) is 38.1 Å². The van der Waals surface area contributed by atoms with Gasteiger partial charge in [-0.15, -0.1) is 0 Å². The molecule has 0 amide bonds. The normalized spacial score (nSPS) is 12.2. The van der Waals surface area contributed by atoms with Crippen molar-refractivity contribution in [2.24, 2.45) is 5.41 Å². The predicted octanol–water partition coefficient (Wildman–Crippen LogP) is 2.49. The Kier molecular flexibility index (Phi) is 8.14. The SMILES string of the molecule is CCOC(=O)C(C#N)(COS(=O)(=O)c1ccc(C)cc1)COS(=O)(=O)c1ccc(C)cc1. The van der Waals surface area contributed by atoms with Gasteiger partial charge in [-0.1, -0.05) is 35.4 Å². The van der Waals surface area contributed by atoms with Crippen LogP contribution in [0.1, 0.15) is 18.1 Å². The highest BCUT2D eigenvalue weighted by atomic mass is 32.2. The van der Waals surface area contributed by atoms with Crippen molar-refractivity contribution in [3.8, 4) is 6.07 Å². The molecule has 0 aromatic heterocycles. The number of rotatable bonds is 10. The van der Waals surface area contributed by atoms with Gasteiger partial charge in [0, 0.05) is 0 Å². The van der Waals surface area contributed by atoms with E-state index >= 15 is 0 Å². The van der Waals surface area contributed by atoms with Gasteiger partial charge in [-0.3, -0.25) is 13.2 Å². The second-order valence-electron chi connectivity index (χ2n) is 6.97. The van der Waals surface area contributed by atoms with Crippen molar-refractivity contribution in [3.05, 3.63) is 59.7 Å². The highest BCUT2D eigenvalue weighted by molar-refractivity contribution is 7.87. The van der Waals surface area contributed by atoms with E-state index in [-0.39, 0.29) is 16.4 Å². The summed E-state index contributed by atoms with van der Waals surface area (Å²) in [6, 6.07) is 13.0. The lowest BCUT2D eigenvalue weighted by molar-refractivity contribution is -0.155. The van der Waals surface area contributed by atoms with E-state index < -0.39 is 44.8 Å². The largest absolute Gasteiger partial charge is 0.465 e. The number of carbonyl (C=O) groups is 1. The van der Waals surface area contributed by atoms with Crippen LogP contribution in [0.3, 0.4) is 0 Å². The number of hydrogen-bond acceptors (Lipinski definition) is 9. The molecule has 2 rings (SSSR count). The molecule has 9 nitrogen and oxygen atoms in total. The van der Waals surface area contributed by atoms with Gasteiger partial charge in [0.1, 0.15) is 0 Å². The number of esters is 1. The Morgan fingerprint density at radius 3 is 1.53 bits per heavy atom. The van der Waals surface area contributed by atoms with E-state index in [1.165, 1.54) is 31.2 Å². The number of nitriles is 1. The van der Waals surface area contributed by atoms with E-state index in [0.717, 1.165) is 11.1 Å². The summed E-state index contributed by atoms with van der Waals surface area (Å²) in [5.41, 5.74) is -0.709. The fourth-order valence-corrected chi connectivity index (χ4v) is 4.36. The summed E-state index contributed by atoms with van der Waals surface area (Å²) in [5, 5.41) is 9.68. The summed E-state index contributed by atoms with van der Waals surface area (Å²) in [6.45, 7) is 2.89. The van der Waals surface area contributed by atoms with E-state index in [1.807, 2.05) is 0 Å². The predicted molar refractivity (Wildman–Crippen MR) is 113 cm³/mol. The number of aryl methyl sites for hydroxylation is 2. The molecule has 0 unspecified atom stereocenters. The molecule has 0 atom stereocenters. The first-order valence-corrected chi connectivity index (χ1v) is 12.3. The van der Waals surface area contributed by atoms with Gasteiger partial charge in [-0.05, 0) is 45.0 Å². The Bertz CT molecular complexity index is 1120. The van der Waals surface area contributed by atoms with Crippen molar-refractivity contribution < 1.29 is 34.7 Å². The van der Waals surface area contributed by atoms with Gasteiger partial charge in [0.05, 0.1) is 35.7 Å². The molecule has 0 bridgehead atoms. The van der Waals surface area contributed by atoms with Crippen LogP contribution in [0.4, 0.5) is 0 Å². The standard InChI is InChI=1S/C21H23NO8S2/c1-4-28-20(23)21(13-22,14-29-31(24,25)18-9-5-16(2)6-10-18)15-30-32(26,27)19-11-7-17(3)8-12-19/h5-12H,4,14-15H2,1-3H3. The second kappa shape index (κ2) is 10.2. The molecule has 0 N–H and O–H groups in total. The first-order chi connectivity index (χ1) is 15.0. The molecular weight excluding hydrogens is 458 g/mol. The second-order valence-corrected chi connectivity index (χ2v) is 10.2. The third kappa shape index (κ3) is 6.14. The van der Waals surface area contributed by atoms with Crippen LogP contribution in [-0.4, -0.2) is 42.6 Å². The fourth-order valence-electron chi connectivity index (χ4n) is 2.44. The lowest BCUT2D eigenvalue weighted by Gasteiger charge is -2.23. The summed E-state index contributed by atoms with van der Waals surface area (Å²) >= 11 is 0. The highest BCUT2D eigenvalue weighted by Crippen LogP contribution is 2.26. The number of carbonyl (C=O) groups excluding carboxylic acids is 1. The molecular formula is C21H23NO8S2. The molecule has 0 heterocycles. The van der Waals surface area contributed by atoms with E-state index in [0.29, 0.717) is 0 Å². The van der Waals surface area contributed by atoms with Crippen LogP contribution in [0.5, 0.6) is 0 Å². The molecule has 2 aromatic carbocycles. The number of ether oxygens (including phenoxy) is 1. The first-order valence-electron chi connectivity index (χ1n) is 9.46. The molecule has 11 heteroatoms. The highest BCUT2D eigenvalue weighted by Gasteiger charge is 2.44. The minimum atomic E-state index is -4.34. The van der Waals surface area contributed by atoms with Crippen molar-refractivity contribution in [1.29, 1.82) is 5.26 Å². The van der Waals surface area contributed by atoms with Crippen molar-refractivity contribution >= 4 is 26.2 Å². The Morgan fingerprint density at radius 2 is 1.22 bits per heavy atom. The summed E-state index contributed by atoms with van der Waals surface area (Å²) in [4.78, 5) is 12.1. The zero-order valence-corrected chi connectivity index (χ0v) is 19.4. The van der Waals surface area contributed by atoms with Gasteiger partial charge in [0.15, 0.2) is 0 Å². The summed E-state index contributed by atoms with van der Waals surface area (Å²) < 4.78 is 64.7. The van der Waals surface area contributed by atoms with Crippen molar-refractivity contribution in [1.82, 2.24) is 0 Å². The molecule has 0 saturated carbocycles. The average Bonchev–Trinajstić information content (AvgIpc) is 2.75. The zero-order valence-electron chi connectivity index (χ0n) is 17.8. The van der Waals surface area contributed by atoms with Gasteiger partial charge < -0.3 is 4.74 Å². The molecule has 0 aliphatic rings. The van der Waals surface area contributed by atoms with Gasteiger partial charge in [0.2, 0.25) is 5.41 Å². The number of benzene rings is 2. The van der Waals surface area contributed by atoms with Crippen molar-refractivity contribution in [2.45, 2.75) is 30.6 Å². The summed E-state index contributed by atoms with van der Waals surface area (Å²) in [6.07, 6.45) is 0. The van der Waals surface area contributed by atoms with Crippen LogP contribution in [0.2, 0.25) is 0 Å². The Morgan fingerprint density at radius 1 is 0.844 bits per heavy atom. The molecule has 0 aliphatic heterocycles. The average molecular weight is 482 g/mol. The molecule has 0 fully saturated rings. The first kappa shape index (κ1) is 25.5. The third-order valence-corrected chi connectivity index (χ3v) is 6.98. The van der Waals surface area contributed by atoms with Gasteiger partial charge in [0.25, 0.3) is 20.2 Å². The minimum absolute atomic E-state index is 0.127. The third-order valence-electron chi connectivity index (χ3n) is 4.42. The van der Waals surface area contributed by atoms with Crippen LogP contribution in [0, 0.1) is 30.6 Å². The van der Waals surface area contributed by atoms with E-state index in [2.05, 4.69) is 0 Å². The van der Waals surface area contributed by atoms with E-state index in [4.69, 9.17) is 13.1 Å². The van der Waals surface area contributed by atoms with Crippen LogP contribution < -0.4 is 0 Å². The maximum atomic E-state index is 12.5. The molecule has 0 spiro atoms. The molecule has 0 radical (unpaired) electrons. The van der Waals surface area contributed by atoms with Crippen LogP contribution >= 0.6 is 0 Å². The lowest BCUT2D eigenvalue weighted by Crippen LogP contribution is -2.42. The van der Waals surface area contributed by atoms with Gasteiger partial charge >= 0.3 is 5.97 Å². The quantitative estimate of drug-likeness (QED) is 0.370.